The fraction of sp³-hybridized carbons (Fsp3) is 0.222. The molecule has 0 unspecified atom stereocenters. The highest BCUT2D eigenvalue weighted by Crippen LogP contribution is 2.42. The van der Waals surface area contributed by atoms with E-state index in [1.807, 2.05) is 39.0 Å². The van der Waals surface area contributed by atoms with Gasteiger partial charge in [-0.25, -0.2) is 0 Å². The Bertz CT molecular complexity index is 2750. The van der Waals surface area contributed by atoms with E-state index in [9.17, 15) is 0 Å². The van der Waals surface area contributed by atoms with Gasteiger partial charge in [-0.05, 0) is 136 Å². The lowest BCUT2D eigenvalue weighted by atomic mass is 9.86. The van der Waals surface area contributed by atoms with Crippen molar-refractivity contribution in [3.63, 3.8) is 0 Å². The predicted molar refractivity (Wildman–Crippen MR) is 279 cm³/mol. The predicted octanol–water partition coefficient (Wildman–Crippen LogP) is 17.8. The third kappa shape index (κ3) is 10.3. The molecule has 0 atom stereocenters. The number of para-hydroxylation sites is 1. The molecule has 1 aliphatic carbocycles. The molecule has 0 bridgehead atoms. The van der Waals surface area contributed by atoms with E-state index in [-0.39, 0.29) is 0 Å². The first kappa shape index (κ1) is 46.5. The van der Waals surface area contributed by atoms with Crippen LogP contribution in [0.4, 0.5) is 17.1 Å². The highest BCUT2D eigenvalue weighted by Gasteiger charge is 2.18. The molecule has 6 heteroatoms. The Morgan fingerprint density at radius 2 is 1.22 bits per heavy atom. The van der Waals surface area contributed by atoms with E-state index in [4.69, 9.17) is 4.55 Å². The van der Waals surface area contributed by atoms with Crippen molar-refractivity contribution >= 4 is 116 Å². The summed E-state index contributed by atoms with van der Waals surface area (Å²) in [6.45, 7) is 17.5. The monoisotopic (exact) mass is 940 g/mol. The number of benzene rings is 8. The Kier molecular flexibility index (Phi) is 17.7. The number of nitrogens with one attached hydrogen (secondary N) is 2. The molecular weight excluding hydrogens is 884 g/mol. The molecule has 310 valence electrons. The van der Waals surface area contributed by atoms with Crippen molar-refractivity contribution < 1.29 is 4.55 Å². The summed E-state index contributed by atoms with van der Waals surface area (Å²) in [6, 6.07) is 39.7. The van der Waals surface area contributed by atoms with Crippen LogP contribution in [0, 0.1) is 0 Å². The van der Waals surface area contributed by atoms with E-state index in [1.54, 1.807) is 0 Å². The molecule has 9 rings (SSSR count). The van der Waals surface area contributed by atoms with Crippen molar-refractivity contribution in [1.82, 2.24) is 0 Å². The molecule has 3 nitrogen and oxygen atoms in total. The van der Waals surface area contributed by atoms with Gasteiger partial charge < -0.3 is 15.2 Å². The molecule has 0 aliphatic heterocycles. The maximum absolute atomic E-state index is 6.69. The summed E-state index contributed by atoms with van der Waals surface area (Å²) in [6.07, 6.45) is 13.6. The molecule has 0 aromatic heterocycles. The summed E-state index contributed by atoms with van der Waals surface area (Å²) in [5.41, 5.74) is 8.88. The topological polar surface area (TPSA) is 44.3 Å². The fourth-order valence-corrected chi connectivity index (χ4v) is 8.95. The van der Waals surface area contributed by atoms with Gasteiger partial charge in [0.15, 0.2) is 0 Å². The van der Waals surface area contributed by atoms with Gasteiger partial charge in [0, 0.05) is 43.3 Å². The van der Waals surface area contributed by atoms with Crippen LogP contribution in [0.3, 0.4) is 0 Å². The maximum Gasteiger partial charge on any atom is 0.0464 e. The van der Waals surface area contributed by atoms with Crippen LogP contribution >= 0.6 is 44.8 Å². The van der Waals surface area contributed by atoms with Crippen LogP contribution in [0.15, 0.2) is 155 Å². The van der Waals surface area contributed by atoms with Crippen LogP contribution in [0.2, 0.25) is 0 Å². The first-order valence-corrected chi connectivity index (χ1v) is 23.1. The highest BCUT2D eigenvalue weighted by molar-refractivity contribution is 9.11. The van der Waals surface area contributed by atoms with Crippen molar-refractivity contribution in [1.29, 1.82) is 0 Å². The molecule has 8 aromatic carbocycles. The summed E-state index contributed by atoms with van der Waals surface area (Å²) < 4.78 is 9.13. The van der Waals surface area contributed by atoms with Gasteiger partial charge in [0.05, 0.1) is 0 Å². The molecule has 60 heavy (non-hydrogen) atoms. The highest BCUT2D eigenvalue weighted by atomic mass is 79.9. The average molecular weight is 943 g/mol. The molecule has 0 heterocycles. The lowest BCUT2D eigenvalue weighted by molar-refractivity contribution is 0.679. The zero-order chi connectivity index (χ0) is 43.2. The Balaban J connectivity index is 0.000000227. The number of rotatable bonds is 9. The summed E-state index contributed by atoms with van der Waals surface area (Å²) in [7, 11) is 0. The summed E-state index contributed by atoms with van der Waals surface area (Å²) in [5, 5.41) is 20.6. The van der Waals surface area contributed by atoms with Gasteiger partial charge in [-0.15, -0.1) is 0 Å². The summed E-state index contributed by atoms with van der Waals surface area (Å²) in [4.78, 5) is 0. The third-order valence-corrected chi connectivity index (χ3v) is 12.1. The van der Waals surface area contributed by atoms with Crippen LogP contribution < -0.4 is 10.6 Å². The first-order valence-electron chi connectivity index (χ1n) is 21.1. The second-order valence-corrected chi connectivity index (χ2v) is 16.2. The van der Waals surface area contributed by atoms with Crippen LogP contribution in [-0.4, -0.2) is 11.1 Å². The minimum absolute atomic E-state index is 0.851. The smallest absolute Gasteiger partial charge is 0.0464 e. The second-order valence-electron chi connectivity index (χ2n) is 14.5. The van der Waals surface area contributed by atoms with E-state index in [1.165, 1.54) is 97.3 Å². The van der Waals surface area contributed by atoms with E-state index >= 15 is 0 Å². The molecular formula is C54H58Br2N2OS. The number of hydrogen-bond donors (Lipinski definition) is 4. The van der Waals surface area contributed by atoms with Crippen molar-refractivity contribution in [2.75, 3.05) is 17.2 Å². The van der Waals surface area contributed by atoms with Gasteiger partial charge in [-0.3, -0.25) is 0 Å². The lowest BCUT2D eigenvalue weighted by Gasteiger charge is -2.20. The van der Waals surface area contributed by atoms with Crippen LogP contribution in [0.25, 0.3) is 53.9 Å². The maximum atomic E-state index is 6.69. The van der Waals surface area contributed by atoms with Gasteiger partial charge in [0.25, 0.3) is 0 Å². The van der Waals surface area contributed by atoms with Crippen molar-refractivity contribution in [2.45, 2.75) is 73.6 Å². The van der Waals surface area contributed by atoms with Gasteiger partial charge >= 0.3 is 0 Å². The number of allylic oxidation sites excluding steroid dienone is 4. The Labute approximate surface area is 379 Å². The first-order chi connectivity index (χ1) is 29.4. The zero-order valence-electron chi connectivity index (χ0n) is 35.8. The van der Waals surface area contributed by atoms with E-state index < -0.39 is 0 Å². The molecule has 0 saturated carbocycles. The van der Waals surface area contributed by atoms with Gasteiger partial charge in [-0.1, -0.05) is 188 Å². The molecule has 0 saturated heterocycles. The van der Waals surface area contributed by atoms with Crippen molar-refractivity contribution in [3.05, 3.63) is 171 Å². The molecule has 0 spiro atoms. The lowest BCUT2D eigenvalue weighted by Crippen LogP contribution is -2.03. The zero-order valence-corrected chi connectivity index (χ0v) is 39.9. The van der Waals surface area contributed by atoms with Crippen LogP contribution in [0.1, 0.15) is 71.1 Å². The summed E-state index contributed by atoms with van der Waals surface area (Å²) >= 11 is 9.90. The molecule has 8 aromatic rings. The number of halogens is 2. The minimum atomic E-state index is 0.851. The molecule has 0 radical (unpaired) electrons. The fourth-order valence-electron chi connectivity index (χ4n) is 7.96. The van der Waals surface area contributed by atoms with E-state index in [2.05, 4.69) is 198 Å². The number of hydrogen-bond acceptors (Lipinski definition) is 4. The Morgan fingerprint density at radius 1 is 0.650 bits per heavy atom. The van der Waals surface area contributed by atoms with Gasteiger partial charge in [-0.2, -0.15) is 0 Å². The number of thiol groups is 1. The summed E-state index contributed by atoms with van der Waals surface area (Å²) in [5.74, 6) is 0. The van der Waals surface area contributed by atoms with Crippen LogP contribution in [-0.2, 0) is 19.3 Å². The third-order valence-electron chi connectivity index (χ3n) is 10.6. The molecule has 3 N–H and O–H groups in total. The van der Waals surface area contributed by atoms with Crippen LogP contribution in [0.5, 0.6) is 0 Å². The largest absolute Gasteiger partial charge is 0.384 e. The van der Waals surface area contributed by atoms with E-state index in [0.717, 1.165) is 43.5 Å². The molecule has 1 aliphatic rings. The van der Waals surface area contributed by atoms with E-state index in [0.29, 0.717) is 0 Å². The quantitative estimate of drug-likeness (QED) is 0.0505. The van der Waals surface area contributed by atoms with Gasteiger partial charge in [0.2, 0.25) is 0 Å². The Hall–Kier alpha value is -4.59. The van der Waals surface area contributed by atoms with Crippen molar-refractivity contribution in [2.24, 2.45) is 0 Å². The second kappa shape index (κ2) is 22.9. The average Bonchev–Trinajstić information content (AvgIpc) is 3.29. The van der Waals surface area contributed by atoms with Gasteiger partial charge in [0.1, 0.15) is 0 Å². The number of aryl methyl sites for hydroxylation is 3. The SMILES string of the molecule is Brc1ccc2ccc3c(Br)ccc4c3c2c1CC4.C=C(/C=C\C=C/C)CCNc1ccc2ccc3c(Nc4ccccc4CC)ccc4ccc1c2c43.CC.CCC.OS. The minimum Gasteiger partial charge on any atom is -0.384 e. The van der Waals surface area contributed by atoms with Crippen molar-refractivity contribution in [3.8, 4) is 0 Å². The molecule has 0 fully saturated rings. The number of anilines is 3. The standard InChI is InChI=1S/C33H32N2.C16H10Br2.C3H8.C2H6.H2OS/c1-4-6-7-10-23(3)21-22-34-30-19-15-25-14-18-28-31(35-29-12-9-8-11-24(29)5-2)20-16-26-13-17-27(30)32(25)33(26)28;17-13-8-4-10-2-6-12-14(18)7-3-9-1-5-11(13)16(10)15(9)12;1-3-2;2*1-2/h4,6-20,34-35H,3,5,21-22H2,1-2H3;1,3-5,7-8H,2,6H2;3H2,1-2H3;1-2H3;1-2H/b6-4-,10-7-;;;;. The Morgan fingerprint density at radius 3 is 1.88 bits per heavy atom. The molecule has 0 amide bonds. The normalized spacial score (nSPS) is 11.6.